The fraction of sp³-hybridized carbons (Fsp3) is 1.00. The lowest BCUT2D eigenvalue weighted by molar-refractivity contribution is 0.220. The fourth-order valence-electron chi connectivity index (χ4n) is 3.60. The molecule has 2 heterocycles. The van der Waals surface area contributed by atoms with Crippen LogP contribution in [0.4, 0.5) is 0 Å². The van der Waals surface area contributed by atoms with Gasteiger partial charge in [-0.15, -0.1) is 0 Å². The first-order chi connectivity index (χ1) is 8.22. The van der Waals surface area contributed by atoms with Crippen molar-refractivity contribution in [2.45, 2.75) is 63.2 Å². The summed E-state index contributed by atoms with van der Waals surface area (Å²) < 4.78 is 0. The van der Waals surface area contributed by atoms with E-state index >= 15 is 0 Å². The predicted octanol–water partition coefficient (Wildman–Crippen LogP) is 1.30. The molecule has 98 valence electrons. The first-order valence-corrected chi connectivity index (χ1v) is 7.42. The van der Waals surface area contributed by atoms with Crippen LogP contribution in [0.5, 0.6) is 0 Å². The summed E-state index contributed by atoms with van der Waals surface area (Å²) in [6, 6.07) is 3.29. The van der Waals surface area contributed by atoms with Crippen LogP contribution in [-0.4, -0.2) is 60.6 Å². The number of nitrogens with zero attached hydrogens (tertiary/aromatic N) is 2. The third-order valence-electron chi connectivity index (χ3n) is 4.83. The van der Waals surface area contributed by atoms with Gasteiger partial charge in [0.15, 0.2) is 0 Å². The summed E-state index contributed by atoms with van der Waals surface area (Å²) in [6.07, 6.45) is 6.94. The van der Waals surface area contributed by atoms with Gasteiger partial charge >= 0.3 is 0 Å². The van der Waals surface area contributed by atoms with Crippen molar-refractivity contribution in [3.05, 3.63) is 0 Å². The molecule has 3 rings (SSSR count). The number of likely N-dealkylation sites (tertiary alicyclic amines) is 2. The summed E-state index contributed by atoms with van der Waals surface area (Å²) in [5.41, 5.74) is 0. The molecular weight excluding hydrogens is 210 g/mol. The van der Waals surface area contributed by atoms with E-state index in [1.54, 1.807) is 0 Å². The number of rotatable bonds is 3. The summed E-state index contributed by atoms with van der Waals surface area (Å²) in [4.78, 5) is 5.19. The second-order valence-electron chi connectivity index (χ2n) is 6.45. The second kappa shape index (κ2) is 4.87. The smallest absolute Gasteiger partial charge is 0.0212 e. The minimum Gasteiger partial charge on any atom is -0.310 e. The molecular formula is C14H27N3. The number of hydrogen-bond donors (Lipinski definition) is 1. The second-order valence-corrected chi connectivity index (χ2v) is 6.45. The molecule has 2 atom stereocenters. The van der Waals surface area contributed by atoms with Crippen molar-refractivity contribution in [3.8, 4) is 0 Å². The first kappa shape index (κ1) is 11.9. The zero-order valence-electron chi connectivity index (χ0n) is 11.4. The van der Waals surface area contributed by atoms with E-state index in [4.69, 9.17) is 0 Å². The lowest BCUT2D eigenvalue weighted by Gasteiger charge is -2.31. The Morgan fingerprint density at radius 3 is 2.35 bits per heavy atom. The molecule has 2 saturated heterocycles. The SMILES string of the molecule is CC1CC(NC2CCN(C)CC2)CN1C1CC1. The van der Waals surface area contributed by atoms with E-state index in [9.17, 15) is 0 Å². The molecule has 0 spiro atoms. The maximum Gasteiger partial charge on any atom is 0.0212 e. The van der Waals surface area contributed by atoms with Crippen LogP contribution >= 0.6 is 0 Å². The van der Waals surface area contributed by atoms with Crippen molar-refractivity contribution in [3.63, 3.8) is 0 Å². The zero-order valence-corrected chi connectivity index (χ0v) is 11.4. The maximum absolute atomic E-state index is 3.91. The van der Waals surface area contributed by atoms with Crippen molar-refractivity contribution in [1.82, 2.24) is 15.1 Å². The predicted molar refractivity (Wildman–Crippen MR) is 71.2 cm³/mol. The Labute approximate surface area is 106 Å². The third-order valence-corrected chi connectivity index (χ3v) is 4.83. The standard InChI is InChI=1S/C14H27N3/c1-11-9-13(10-17(11)14-3-4-14)15-12-5-7-16(2)8-6-12/h11-15H,3-10H2,1-2H3. The van der Waals surface area contributed by atoms with Gasteiger partial charge in [-0.3, -0.25) is 4.90 Å². The monoisotopic (exact) mass is 237 g/mol. The summed E-state index contributed by atoms with van der Waals surface area (Å²) >= 11 is 0. The van der Waals surface area contributed by atoms with Crippen LogP contribution in [0.15, 0.2) is 0 Å². The van der Waals surface area contributed by atoms with Crippen LogP contribution in [-0.2, 0) is 0 Å². The molecule has 1 aliphatic carbocycles. The molecule has 0 aromatic heterocycles. The van der Waals surface area contributed by atoms with Gasteiger partial charge in [-0.05, 0) is 59.2 Å². The average Bonchev–Trinajstić information content (AvgIpc) is 3.08. The Balaban J connectivity index is 1.46. The lowest BCUT2D eigenvalue weighted by Crippen LogP contribution is -2.46. The highest BCUT2D eigenvalue weighted by molar-refractivity contribution is 4.97. The minimum atomic E-state index is 0.763. The maximum atomic E-state index is 3.91. The van der Waals surface area contributed by atoms with Crippen molar-refractivity contribution in [1.29, 1.82) is 0 Å². The Kier molecular flexibility index (Phi) is 3.42. The molecule has 0 radical (unpaired) electrons. The summed E-state index contributed by atoms with van der Waals surface area (Å²) in [6.45, 7) is 6.26. The molecule has 2 aliphatic heterocycles. The van der Waals surface area contributed by atoms with E-state index in [0.717, 1.165) is 24.2 Å². The lowest BCUT2D eigenvalue weighted by atomic mass is 10.0. The summed E-state index contributed by atoms with van der Waals surface area (Å²) in [7, 11) is 2.24. The van der Waals surface area contributed by atoms with Crippen molar-refractivity contribution in [2.24, 2.45) is 0 Å². The number of piperidine rings is 1. The van der Waals surface area contributed by atoms with Gasteiger partial charge < -0.3 is 10.2 Å². The van der Waals surface area contributed by atoms with E-state index in [1.807, 2.05) is 0 Å². The van der Waals surface area contributed by atoms with Crippen LogP contribution in [0.3, 0.4) is 0 Å². The molecule has 1 saturated carbocycles. The summed E-state index contributed by atoms with van der Waals surface area (Å²) in [5.74, 6) is 0. The molecule has 3 fully saturated rings. The largest absolute Gasteiger partial charge is 0.310 e. The van der Waals surface area contributed by atoms with Gasteiger partial charge in [0.25, 0.3) is 0 Å². The molecule has 1 N–H and O–H groups in total. The van der Waals surface area contributed by atoms with Gasteiger partial charge in [-0.25, -0.2) is 0 Å². The summed E-state index contributed by atoms with van der Waals surface area (Å²) in [5, 5.41) is 3.91. The molecule has 3 aliphatic rings. The van der Waals surface area contributed by atoms with Crippen LogP contribution in [0.1, 0.15) is 39.0 Å². The van der Waals surface area contributed by atoms with Gasteiger partial charge in [0, 0.05) is 30.7 Å². The van der Waals surface area contributed by atoms with E-state index in [2.05, 4.69) is 29.1 Å². The Morgan fingerprint density at radius 2 is 1.71 bits per heavy atom. The number of nitrogens with one attached hydrogen (secondary N) is 1. The quantitative estimate of drug-likeness (QED) is 0.798. The Bertz CT molecular complexity index is 256. The van der Waals surface area contributed by atoms with E-state index < -0.39 is 0 Å². The molecule has 0 amide bonds. The normalized spacial score (nSPS) is 37.8. The van der Waals surface area contributed by atoms with Crippen LogP contribution in [0.2, 0.25) is 0 Å². The Hall–Kier alpha value is -0.120. The first-order valence-electron chi connectivity index (χ1n) is 7.42. The van der Waals surface area contributed by atoms with E-state index in [-0.39, 0.29) is 0 Å². The third kappa shape index (κ3) is 2.83. The molecule has 0 aromatic carbocycles. The van der Waals surface area contributed by atoms with Gasteiger partial charge in [0.2, 0.25) is 0 Å². The van der Waals surface area contributed by atoms with E-state index in [0.29, 0.717) is 0 Å². The van der Waals surface area contributed by atoms with Gasteiger partial charge in [0.05, 0.1) is 0 Å². The average molecular weight is 237 g/mol. The molecule has 17 heavy (non-hydrogen) atoms. The van der Waals surface area contributed by atoms with Crippen LogP contribution < -0.4 is 5.32 Å². The molecule has 0 bridgehead atoms. The highest BCUT2D eigenvalue weighted by Crippen LogP contribution is 2.33. The zero-order chi connectivity index (χ0) is 11.8. The molecule has 0 aromatic rings. The van der Waals surface area contributed by atoms with Crippen LogP contribution in [0.25, 0.3) is 0 Å². The van der Waals surface area contributed by atoms with Gasteiger partial charge in [0.1, 0.15) is 0 Å². The fourth-order valence-corrected chi connectivity index (χ4v) is 3.60. The van der Waals surface area contributed by atoms with Crippen LogP contribution in [0, 0.1) is 0 Å². The van der Waals surface area contributed by atoms with Crippen molar-refractivity contribution >= 4 is 0 Å². The van der Waals surface area contributed by atoms with Crippen molar-refractivity contribution < 1.29 is 0 Å². The molecule has 3 nitrogen and oxygen atoms in total. The molecule has 3 heteroatoms. The van der Waals surface area contributed by atoms with Gasteiger partial charge in [-0.2, -0.15) is 0 Å². The highest BCUT2D eigenvalue weighted by Gasteiger charge is 2.39. The molecule has 2 unspecified atom stereocenters. The van der Waals surface area contributed by atoms with Gasteiger partial charge in [-0.1, -0.05) is 0 Å². The number of hydrogen-bond acceptors (Lipinski definition) is 3. The minimum absolute atomic E-state index is 0.763. The van der Waals surface area contributed by atoms with E-state index in [1.165, 1.54) is 51.7 Å². The topological polar surface area (TPSA) is 18.5 Å². The highest BCUT2D eigenvalue weighted by atomic mass is 15.3. The van der Waals surface area contributed by atoms with Crippen molar-refractivity contribution in [2.75, 3.05) is 26.7 Å². The Morgan fingerprint density at radius 1 is 1.00 bits per heavy atom.